The molecule has 0 aromatic heterocycles. The molecule has 2 N–H and O–H groups in total. The number of aliphatic hydroxyl groups is 1. The van der Waals surface area contributed by atoms with Crippen LogP contribution in [0.25, 0.3) is 0 Å². The van der Waals surface area contributed by atoms with Gasteiger partial charge in [0.2, 0.25) is 11.8 Å². The highest BCUT2D eigenvalue weighted by molar-refractivity contribution is 8.02. The number of thioether (sulfide) groups is 1. The third-order valence-electron chi connectivity index (χ3n) is 7.27. The van der Waals surface area contributed by atoms with E-state index in [2.05, 4.69) is 5.32 Å². The first-order chi connectivity index (χ1) is 15.3. The minimum Gasteiger partial charge on any atom is -0.466 e. The summed E-state index contributed by atoms with van der Waals surface area (Å²) in [6.45, 7) is 7.59. The van der Waals surface area contributed by atoms with E-state index in [1.807, 2.05) is 39.0 Å². The highest BCUT2D eigenvalue weighted by Gasteiger charge is 2.74. The van der Waals surface area contributed by atoms with Gasteiger partial charge in [-0.25, -0.2) is 0 Å². The molecule has 8 heteroatoms. The average molecular weight is 461 g/mol. The van der Waals surface area contributed by atoms with Crippen LogP contribution in [0.2, 0.25) is 0 Å². The predicted octanol–water partition coefficient (Wildman–Crippen LogP) is 2.67. The van der Waals surface area contributed by atoms with Gasteiger partial charge in [-0.3, -0.25) is 14.4 Å². The SMILES string of the molecule is CCOC(=O)[C@@H]1[C@H]2C(=O)N([C@@H](CC)CO)C(C(=O)Nc3cc(C)ccc3C)C23CC[C@H]1S3. The molecular weight excluding hydrogens is 428 g/mol. The molecule has 1 aromatic rings. The van der Waals surface area contributed by atoms with Gasteiger partial charge in [0, 0.05) is 10.9 Å². The maximum Gasteiger partial charge on any atom is 0.310 e. The van der Waals surface area contributed by atoms with Gasteiger partial charge in [-0.2, -0.15) is 0 Å². The molecule has 174 valence electrons. The van der Waals surface area contributed by atoms with E-state index in [0.29, 0.717) is 12.8 Å². The molecule has 3 heterocycles. The topological polar surface area (TPSA) is 95.9 Å². The molecule has 6 atom stereocenters. The smallest absolute Gasteiger partial charge is 0.310 e. The van der Waals surface area contributed by atoms with E-state index in [1.165, 1.54) is 0 Å². The van der Waals surface area contributed by atoms with Crippen molar-refractivity contribution in [3.05, 3.63) is 29.3 Å². The molecule has 0 saturated carbocycles. The molecule has 2 unspecified atom stereocenters. The standard InChI is InChI=1S/C24H32N2O5S/c1-5-15(12-27)26-20(21(28)25-16-11-13(3)7-8-14(16)4)24-10-9-17(32-24)18(19(24)22(26)29)23(30)31-6-2/h7-8,11,15,17-20,27H,5-6,9-10,12H2,1-4H3,(H,25,28)/t15-,17+,18-,19-,20?,24?/m0/s1. The molecule has 1 spiro atoms. The van der Waals surface area contributed by atoms with Crippen LogP contribution >= 0.6 is 11.8 Å². The summed E-state index contributed by atoms with van der Waals surface area (Å²) in [5.74, 6) is -1.95. The second kappa shape index (κ2) is 8.71. The zero-order valence-electron chi connectivity index (χ0n) is 19.1. The molecule has 3 aliphatic heterocycles. The number of ether oxygens (including phenoxy) is 1. The fourth-order valence-corrected chi connectivity index (χ4v) is 7.97. The molecule has 2 amide bonds. The van der Waals surface area contributed by atoms with Gasteiger partial charge in [-0.1, -0.05) is 19.1 Å². The Balaban J connectivity index is 1.75. The van der Waals surface area contributed by atoms with Crippen molar-refractivity contribution in [1.82, 2.24) is 4.90 Å². The molecule has 0 radical (unpaired) electrons. The number of carbonyl (C=O) groups excluding carboxylic acids is 3. The Morgan fingerprint density at radius 1 is 1.34 bits per heavy atom. The molecule has 0 aliphatic carbocycles. The van der Waals surface area contributed by atoms with Crippen molar-refractivity contribution in [2.75, 3.05) is 18.5 Å². The molecule has 1 aromatic carbocycles. The number of carbonyl (C=O) groups is 3. The van der Waals surface area contributed by atoms with E-state index in [1.54, 1.807) is 23.6 Å². The van der Waals surface area contributed by atoms with E-state index in [0.717, 1.165) is 23.2 Å². The normalized spacial score (nSPS) is 31.5. The quantitative estimate of drug-likeness (QED) is 0.608. The monoisotopic (exact) mass is 460 g/mol. The number of nitrogens with zero attached hydrogens (tertiary/aromatic N) is 1. The third-order valence-corrected chi connectivity index (χ3v) is 9.22. The van der Waals surface area contributed by atoms with E-state index < -0.39 is 28.7 Å². The Labute approximate surface area is 193 Å². The summed E-state index contributed by atoms with van der Waals surface area (Å²) in [6.07, 6.45) is 1.99. The fraction of sp³-hybridized carbons (Fsp3) is 0.625. The van der Waals surface area contributed by atoms with Crippen LogP contribution in [0.15, 0.2) is 18.2 Å². The van der Waals surface area contributed by atoms with E-state index >= 15 is 0 Å². The minimum atomic E-state index is -0.744. The number of anilines is 1. The molecule has 4 rings (SSSR count). The number of likely N-dealkylation sites (tertiary alicyclic amines) is 1. The third kappa shape index (κ3) is 3.43. The number of amides is 2. The van der Waals surface area contributed by atoms with Gasteiger partial charge in [-0.05, 0) is 57.2 Å². The van der Waals surface area contributed by atoms with Crippen LogP contribution in [0.1, 0.15) is 44.2 Å². The maximum absolute atomic E-state index is 13.8. The summed E-state index contributed by atoms with van der Waals surface area (Å²) in [7, 11) is 0. The first kappa shape index (κ1) is 23.1. The van der Waals surface area contributed by atoms with Crippen LogP contribution in [0, 0.1) is 25.7 Å². The summed E-state index contributed by atoms with van der Waals surface area (Å²) >= 11 is 1.61. The second-order valence-corrected chi connectivity index (χ2v) is 10.7. The lowest BCUT2D eigenvalue weighted by atomic mass is 9.71. The lowest BCUT2D eigenvalue weighted by Crippen LogP contribution is -2.54. The number of rotatable bonds is 7. The molecule has 3 saturated heterocycles. The Kier molecular flexibility index (Phi) is 6.29. The van der Waals surface area contributed by atoms with Gasteiger partial charge in [0.1, 0.15) is 6.04 Å². The van der Waals surface area contributed by atoms with Gasteiger partial charge in [0.25, 0.3) is 0 Å². The van der Waals surface area contributed by atoms with E-state index in [9.17, 15) is 19.5 Å². The first-order valence-electron chi connectivity index (χ1n) is 11.4. The Hall–Kier alpha value is -2.06. The maximum atomic E-state index is 13.8. The summed E-state index contributed by atoms with van der Waals surface area (Å²) in [4.78, 5) is 41.9. The van der Waals surface area contributed by atoms with Gasteiger partial charge in [-0.15, -0.1) is 11.8 Å². The lowest BCUT2D eigenvalue weighted by molar-refractivity contribution is -0.154. The van der Waals surface area contributed by atoms with Crippen molar-refractivity contribution >= 4 is 35.2 Å². The van der Waals surface area contributed by atoms with Gasteiger partial charge in [0.05, 0.1) is 35.8 Å². The molecule has 32 heavy (non-hydrogen) atoms. The van der Waals surface area contributed by atoms with Crippen molar-refractivity contribution in [3.63, 3.8) is 0 Å². The second-order valence-electron chi connectivity index (χ2n) is 9.11. The van der Waals surface area contributed by atoms with Crippen molar-refractivity contribution in [3.8, 4) is 0 Å². The number of nitrogens with one attached hydrogen (secondary N) is 1. The van der Waals surface area contributed by atoms with Crippen LogP contribution in [0.4, 0.5) is 5.69 Å². The number of aliphatic hydroxyl groups excluding tert-OH is 1. The zero-order valence-corrected chi connectivity index (χ0v) is 19.9. The average Bonchev–Trinajstić information content (AvgIpc) is 3.40. The van der Waals surface area contributed by atoms with Crippen LogP contribution in [0.5, 0.6) is 0 Å². The molecule has 2 bridgehead atoms. The number of fused-ring (bicyclic) bond motifs is 1. The van der Waals surface area contributed by atoms with Crippen LogP contribution < -0.4 is 5.32 Å². The molecule has 3 fully saturated rings. The Morgan fingerprint density at radius 2 is 2.09 bits per heavy atom. The Bertz CT molecular complexity index is 933. The number of hydrogen-bond acceptors (Lipinski definition) is 6. The van der Waals surface area contributed by atoms with Crippen molar-refractivity contribution < 1.29 is 24.2 Å². The number of aryl methyl sites for hydroxylation is 2. The largest absolute Gasteiger partial charge is 0.466 e. The minimum absolute atomic E-state index is 0.0182. The Morgan fingerprint density at radius 3 is 2.75 bits per heavy atom. The van der Waals surface area contributed by atoms with Gasteiger partial charge >= 0.3 is 5.97 Å². The highest BCUT2D eigenvalue weighted by Crippen LogP contribution is 2.66. The predicted molar refractivity (Wildman–Crippen MR) is 123 cm³/mol. The highest BCUT2D eigenvalue weighted by atomic mass is 32.2. The van der Waals surface area contributed by atoms with Crippen LogP contribution in [0.3, 0.4) is 0 Å². The van der Waals surface area contributed by atoms with Crippen molar-refractivity contribution in [1.29, 1.82) is 0 Å². The zero-order chi connectivity index (χ0) is 23.2. The number of hydrogen-bond donors (Lipinski definition) is 2. The summed E-state index contributed by atoms with van der Waals surface area (Å²) < 4.78 is 4.65. The van der Waals surface area contributed by atoms with Gasteiger partial charge in [0.15, 0.2) is 0 Å². The molecule has 3 aliphatic rings. The van der Waals surface area contributed by atoms with Crippen LogP contribution in [-0.4, -0.2) is 63.1 Å². The van der Waals surface area contributed by atoms with E-state index in [-0.39, 0.29) is 36.2 Å². The van der Waals surface area contributed by atoms with Gasteiger partial charge < -0.3 is 20.1 Å². The van der Waals surface area contributed by atoms with Crippen molar-refractivity contribution in [2.45, 2.75) is 69.0 Å². The summed E-state index contributed by atoms with van der Waals surface area (Å²) in [5, 5.41) is 13.1. The van der Waals surface area contributed by atoms with Crippen molar-refractivity contribution in [2.24, 2.45) is 11.8 Å². The summed E-state index contributed by atoms with van der Waals surface area (Å²) in [5.41, 5.74) is 2.69. The van der Waals surface area contributed by atoms with E-state index in [4.69, 9.17) is 4.74 Å². The summed E-state index contributed by atoms with van der Waals surface area (Å²) in [6, 6.07) is 4.65. The number of esters is 1. The lowest BCUT2D eigenvalue weighted by Gasteiger charge is -2.36. The van der Waals surface area contributed by atoms with Crippen LogP contribution in [-0.2, 0) is 19.1 Å². The molecular formula is C24H32N2O5S. The first-order valence-corrected chi connectivity index (χ1v) is 12.3. The molecule has 7 nitrogen and oxygen atoms in total. The number of benzene rings is 1. The fourth-order valence-electron chi connectivity index (χ4n) is 5.78.